The topological polar surface area (TPSA) is 118 Å². The minimum atomic E-state index is -2.99. The van der Waals surface area contributed by atoms with Crippen molar-refractivity contribution in [3.05, 3.63) is 11.4 Å². The van der Waals surface area contributed by atoms with E-state index in [-0.39, 0.29) is 18.0 Å². The first kappa shape index (κ1) is 14.5. The lowest BCUT2D eigenvalue weighted by molar-refractivity contribution is 0.0949. The van der Waals surface area contributed by atoms with Gasteiger partial charge in [-0.15, -0.1) is 0 Å². The summed E-state index contributed by atoms with van der Waals surface area (Å²) in [7, 11) is -2.99. The summed E-state index contributed by atoms with van der Waals surface area (Å²) in [6.45, 7) is 2.18. The van der Waals surface area contributed by atoms with Crippen molar-refractivity contribution in [2.45, 2.75) is 19.8 Å². The number of nitrogen functional groups attached to an aromatic ring is 1. The number of aryl methyl sites for hydroxylation is 1. The number of sulfone groups is 1. The molecule has 0 saturated carbocycles. The van der Waals surface area contributed by atoms with E-state index >= 15 is 0 Å². The highest BCUT2D eigenvalue weighted by Gasteiger charge is 2.15. The second-order valence-electron chi connectivity index (χ2n) is 4.06. The molecule has 0 spiro atoms. The van der Waals surface area contributed by atoms with Crippen LogP contribution in [-0.2, 0) is 16.3 Å². The fourth-order valence-corrected chi connectivity index (χ4v) is 2.12. The van der Waals surface area contributed by atoms with Crippen LogP contribution in [-0.4, -0.2) is 43.1 Å². The number of carbonyl (C=O) groups is 1. The van der Waals surface area contributed by atoms with Crippen LogP contribution in [0.5, 0.6) is 0 Å². The van der Waals surface area contributed by atoms with E-state index in [1.165, 1.54) is 0 Å². The molecule has 0 bridgehead atoms. The highest BCUT2D eigenvalue weighted by molar-refractivity contribution is 7.90. The van der Waals surface area contributed by atoms with Gasteiger partial charge in [0.2, 0.25) is 0 Å². The van der Waals surface area contributed by atoms with E-state index < -0.39 is 15.7 Å². The Bertz CT molecular complexity index is 521. The molecule has 7 nitrogen and oxygen atoms in total. The number of nitrogens with two attached hydrogens (primary N) is 1. The maximum atomic E-state index is 11.7. The average Bonchev–Trinajstić information content (AvgIpc) is 2.64. The number of aromatic amines is 1. The summed E-state index contributed by atoms with van der Waals surface area (Å²) in [5.74, 6) is -0.347. The van der Waals surface area contributed by atoms with Crippen LogP contribution in [0.4, 0.5) is 5.69 Å². The van der Waals surface area contributed by atoms with Gasteiger partial charge in [-0.2, -0.15) is 5.10 Å². The van der Waals surface area contributed by atoms with E-state index in [0.717, 1.165) is 11.9 Å². The van der Waals surface area contributed by atoms with Crippen LogP contribution in [0.3, 0.4) is 0 Å². The standard InChI is InChI=1S/C10H18N4O3S/c1-3-7-8(11)9(14-13-7)10(15)12-5-4-6-18(2,16)17/h3-6,11H2,1-2H3,(H,12,15)(H,13,14). The largest absolute Gasteiger partial charge is 0.395 e. The second-order valence-corrected chi connectivity index (χ2v) is 6.32. The lowest BCUT2D eigenvalue weighted by atomic mass is 10.2. The number of hydrogen-bond donors (Lipinski definition) is 3. The first-order valence-corrected chi connectivity index (χ1v) is 7.69. The van der Waals surface area contributed by atoms with Crippen LogP contribution >= 0.6 is 0 Å². The average molecular weight is 274 g/mol. The Balaban J connectivity index is 2.48. The summed E-state index contributed by atoms with van der Waals surface area (Å²) in [5.41, 5.74) is 6.96. The maximum Gasteiger partial charge on any atom is 0.273 e. The third-order valence-electron chi connectivity index (χ3n) is 2.43. The van der Waals surface area contributed by atoms with E-state index in [4.69, 9.17) is 5.73 Å². The molecule has 0 aliphatic carbocycles. The number of carbonyl (C=O) groups excluding carboxylic acids is 1. The van der Waals surface area contributed by atoms with Crippen molar-refractivity contribution in [3.63, 3.8) is 0 Å². The molecule has 1 rings (SSSR count). The number of amides is 1. The van der Waals surface area contributed by atoms with Gasteiger partial charge in [-0.05, 0) is 12.8 Å². The molecule has 0 aromatic carbocycles. The number of rotatable bonds is 6. The van der Waals surface area contributed by atoms with E-state index in [1.807, 2.05) is 6.92 Å². The molecule has 0 saturated heterocycles. The normalized spacial score (nSPS) is 11.4. The number of H-pyrrole nitrogens is 1. The molecule has 1 amide bonds. The Morgan fingerprint density at radius 1 is 1.50 bits per heavy atom. The van der Waals surface area contributed by atoms with Crippen molar-refractivity contribution in [2.75, 3.05) is 24.3 Å². The van der Waals surface area contributed by atoms with Gasteiger partial charge in [0, 0.05) is 12.8 Å². The van der Waals surface area contributed by atoms with Crippen LogP contribution in [0.25, 0.3) is 0 Å². The monoisotopic (exact) mass is 274 g/mol. The molecular formula is C10H18N4O3S. The molecule has 0 fully saturated rings. The van der Waals surface area contributed by atoms with Crippen LogP contribution < -0.4 is 11.1 Å². The molecule has 102 valence electrons. The van der Waals surface area contributed by atoms with Crippen molar-refractivity contribution in [1.29, 1.82) is 0 Å². The first-order valence-electron chi connectivity index (χ1n) is 5.63. The molecule has 0 aliphatic heterocycles. The highest BCUT2D eigenvalue weighted by Crippen LogP contribution is 2.13. The van der Waals surface area contributed by atoms with Crippen LogP contribution in [0.15, 0.2) is 0 Å². The molecule has 0 aliphatic rings. The molecule has 0 unspecified atom stereocenters. The van der Waals surface area contributed by atoms with Crippen molar-refractivity contribution >= 4 is 21.4 Å². The predicted molar refractivity (Wildman–Crippen MR) is 69.0 cm³/mol. The smallest absolute Gasteiger partial charge is 0.273 e. The Hall–Kier alpha value is -1.57. The zero-order chi connectivity index (χ0) is 13.8. The third-order valence-corrected chi connectivity index (χ3v) is 3.46. The van der Waals surface area contributed by atoms with Crippen molar-refractivity contribution in [2.24, 2.45) is 0 Å². The molecular weight excluding hydrogens is 256 g/mol. The Morgan fingerprint density at radius 2 is 2.17 bits per heavy atom. The van der Waals surface area contributed by atoms with Gasteiger partial charge in [-0.3, -0.25) is 9.89 Å². The van der Waals surface area contributed by atoms with Gasteiger partial charge < -0.3 is 11.1 Å². The number of hydrogen-bond acceptors (Lipinski definition) is 5. The van der Waals surface area contributed by atoms with E-state index in [2.05, 4.69) is 15.5 Å². The number of nitrogens with zero attached hydrogens (tertiary/aromatic N) is 1. The van der Waals surface area contributed by atoms with Gasteiger partial charge in [0.15, 0.2) is 5.69 Å². The fraction of sp³-hybridized carbons (Fsp3) is 0.600. The third kappa shape index (κ3) is 4.02. The molecule has 0 radical (unpaired) electrons. The summed E-state index contributed by atoms with van der Waals surface area (Å²) < 4.78 is 21.8. The summed E-state index contributed by atoms with van der Waals surface area (Å²) in [5, 5.41) is 9.11. The highest BCUT2D eigenvalue weighted by atomic mass is 32.2. The zero-order valence-corrected chi connectivity index (χ0v) is 11.3. The zero-order valence-electron chi connectivity index (χ0n) is 10.5. The van der Waals surface area contributed by atoms with Gasteiger partial charge >= 0.3 is 0 Å². The van der Waals surface area contributed by atoms with Crippen LogP contribution in [0, 0.1) is 0 Å². The van der Waals surface area contributed by atoms with Gasteiger partial charge in [-0.25, -0.2) is 8.42 Å². The molecule has 18 heavy (non-hydrogen) atoms. The number of nitrogens with one attached hydrogen (secondary N) is 2. The van der Waals surface area contributed by atoms with Crippen LogP contribution in [0.2, 0.25) is 0 Å². The molecule has 1 aromatic rings. The summed E-state index contributed by atoms with van der Waals surface area (Å²) in [6.07, 6.45) is 2.20. The van der Waals surface area contributed by atoms with E-state index in [1.54, 1.807) is 0 Å². The minimum Gasteiger partial charge on any atom is -0.395 e. The first-order chi connectivity index (χ1) is 8.35. The Morgan fingerprint density at radius 3 is 2.67 bits per heavy atom. The van der Waals surface area contributed by atoms with Crippen molar-refractivity contribution in [1.82, 2.24) is 15.5 Å². The lowest BCUT2D eigenvalue weighted by Gasteiger charge is -2.03. The van der Waals surface area contributed by atoms with E-state index in [0.29, 0.717) is 18.5 Å². The van der Waals surface area contributed by atoms with Gasteiger partial charge in [0.25, 0.3) is 5.91 Å². The molecule has 0 atom stereocenters. The summed E-state index contributed by atoms with van der Waals surface area (Å²) >= 11 is 0. The Kier molecular flexibility index (Phi) is 4.71. The van der Waals surface area contributed by atoms with Gasteiger partial charge in [-0.1, -0.05) is 6.92 Å². The molecule has 1 heterocycles. The number of anilines is 1. The molecule has 4 N–H and O–H groups in total. The minimum absolute atomic E-state index is 0.0452. The predicted octanol–water partition coefficient (Wildman–Crippen LogP) is -0.281. The molecule has 8 heteroatoms. The fourth-order valence-electron chi connectivity index (χ4n) is 1.45. The number of aromatic nitrogens is 2. The summed E-state index contributed by atoms with van der Waals surface area (Å²) in [6, 6.07) is 0. The Labute approximate surface area is 106 Å². The summed E-state index contributed by atoms with van der Waals surface area (Å²) in [4.78, 5) is 11.7. The van der Waals surface area contributed by atoms with Crippen molar-refractivity contribution in [3.8, 4) is 0 Å². The van der Waals surface area contributed by atoms with Gasteiger partial charge in [0.1, 0.15) is 9.84 Å². The molecule has 1 aromatic heterocycles. The maximum absolute atomic E-state index is 11.7. The van der Waals surface area contributed by atoms with Crippen molar-refractivity contribution < 1.29 is 13.2 Å². The lowest BCUT2D eigenvalue weighted by Crippen LogP contribution is -2.26. The van der Waals surface area contributed by atoms with Gasteiger partial charge in [0.05, 0.1) is 17.1 Å². The quantitative estimate of drug-likeness (QED) is 0.616. The second kappa shape index (κ2) is 5.85. The van der Waals surface area contributed by atoms with Crippen LogP contribution in [0.1, 0.15) is 29.5 Å². The van der Waals surface area contributed by atoms with E-state index in [9.17, 15) is 13.2 Å². The SMILES string of the molecule is CCc1[nH]nc(C(=O)NCCCS(C)(=O)=O)c1N.